The topological polar surface area (TPSA) is 28.7 Å². The highest BCUT2D eigenvalue weighted by molar-refractivity contribution is 5.92. The standard InChI is InChI=1S/C21H16N2/c1-3-7-16(8-4-1)11-14-20-19-13-12-18(15-21(19)23-22-20)17-9-5-2-6-10-17/h1-15H,(H,22,23)/b14-11+. The molecular formula is C21H16N2. The second-order valence-corrected chi connectivity index (χ2v) is 5.48. The molecule has 0 aliphatic rings. The molecule has 1 N–H and O–H groups in total. The summed E-state index contributed by atoms with van der Waals surface area (Å²) < 4.78 is 0. The van der Waals surface area contributed by atoms with E-state index in [9.17, 15) is 0 Å². The molecule has 0 aliphatic carbocycles. The summed E-state index contributed by atoms with van der Waals surface area (Å²) in [5.74, 6) is 0. The molecular weight excluding hydrogens is 280 g/mol. The van der Waals surface area contributed by atoms with Gasteiger partial charge in [0.05, 0.1) is 11.2 Å². The molecule has 4 aromatic rings. The van der Waals surface area contributed by atoms with Crippen molar-refractivity contribution in [2.24, 2.45) is 0 Å². The Labute approximate surface area is 135 Å². The monoisotopic (exact) mass is 296 g/mol. The first-order chi connectivity index (χ1) is 11.4. The number of nitrogens with one attached hydrogen (secondary N) is 1. The molecule has 1 aromatic heterocycles. The second kappa shape index (κ2) is 5.93. The SMILES string of the molecule is C(=C\c1n[nH]c2cc(-c3ccccc3)ccc12)/c1ccccc1. The predicted octanol–water partition coefficient (Wildman–Crippen LogP) is 5.40. The molecule has 0 spiro atoms. The van der Waals surface area contributed by atoms with Crippen molar-refractivity contribution >= 4 is 23.1 Å². The number of aromatic nitrogens is 2. The van der Waals surface area contributed by atoms with E-state index >= 15 is 0 Å². The van der Waals surface area contributed by atoms with Crippen LogP contribution in [0.2, 0.25) is 0 Å². The van der Waals surface area contributed by atoms with Gasteiger partial charge in [-0.25, -0.2) is 0 Å². The molecule has 0 bridgehead atoms. The quantitative estimate of drug-likeness (QED) is 0.538. The van der Waals surface area contributed by atoms with E-state index in [-0.39, 0.29) is 0 Å². The minimum absolute atomic E-state index is 0.962. The van der Waals surface area contributed by atoms with Gasteiger partial charge in [-0.3, -0.25) is 5.10 Å². The molecule has 0 amide bonds. The zero-order valence-corrected chi connectivity index (χ0v) is 12.6. The molecule has 1 heterocycles. The number of nitrogens with zero attached hydrogens (tertiary/aromatic N) is 1. The van der Waals surface area contributed by atoms with Crippen LogP contribution in [0.4, 0.5) is 0 Å². The van der Waals surface area contributed by atoms with Gasteiger partial charge in [0.25, 0.3) is 0 Å². The molecule has 2 nitrogen and oxygen atoms in total. The van der Waals surface area contributed by atoms with Crippen molar-refractivity contribution in [3.8, 4) is 11.1 Å². The van der Waals surface area contributed by atoms with Crippen molar-refractivity contribution in [3.63, 3.8) is 0 Å². The summed E-state index contributed by atoms with van der Waals surface area (Å²) in [6.45, 7) is 0. The first-order valence-corrected chi connectivity index (χ1v) is 7.67. The van der Waals surface area contributed by atoms with Gasteiger partial charge in [-0.1, -0.05) is 72.8 Å². The van der Waals surface area contributed by atoms with Crippen LogP contribution in [0.3, 0.4) is 0 Å². The largest absolute Gasteiger partial charge is 0.277 e. The highest BCUT2D eigenvalue weighted by atomic mass is 15.1. The van der Waals surface area contributed by atoms with E-state index in [1.165, 1.54) is 16.7 Å². The molecule has 0 fully saturated rings. The summed E-state index contributed by atoms with van der Waals surface area (Å²) in [5, 5.41) is 8.70. The zero-order chi connectivity index (χ0) is 15.5. The van der Waals surface area contributed by atoms with E-state index in [4.69, 9.17) is 0 Å². The number of benzene rings is 3. The zero-order valence-electron chi connectivity index (χ0n) is 12.6. The Kier molecular flexibility index (Phi) is 3.49. The predicted molar refractivity (Wildman–Crippen MR) is 96.9 cm³/mol. The summed E-state index contributed by atoms with van der Waals surface area (Å²) in [7, 11) is 0. The Morgan fingerprint density at radius 1 is 0.696 bits per heavy atom. The molecule has 2 heteroatoms. The van der Waals surface area contributed by atoms with E-state index in [1.807, 2.05) is 24.3 Å². The summed E-state index contributed by atoms with van der Waals surface area (Å²) in [6.07, 6.45) is 4.14. The Balaban J connectivity index is 1.69. The van der Waals surface area contributed by atoms with Crippen molar-refractivity contribution < 1.29 is 0 Å². The van der Waals surface area contributed by atoms with Crippen LogP contribution in [-0.4, -0.2) is 10.2 Å². The van der Waals surface area contributed by atoms with Crippen LogP contribution in [0, 0.1) is 0 Å². The molecule has 4 rings (SSSR count). The Morgan fingerprint density at radius 3 is 2.22 bits per heavy atom. The molecule has 0 aliphatic heterocycles. The maximum absolute atomic E-state index is 4.43. The van der Waals surface area contributed by atoms with Gasteiger partial charge in [0.1, 0.15) is 0 Å². The van der Waals surface area contributed by atoms with Crippen LogP contribution in [0.5, 0.6) is 0 Å². The van der Waals surface area contributed by atoms with E-state index in [0.717, 1.165) is 16.6 Å². The molecule has 0 atom stereocenters. The van der Waals surface area contributed by atoms with Gasteiger partial charge in [-0.05, 0) is 34.9 Å². The van der Waals surface area contributed by atoms with E-state index < -0.39 is 0 Å². The van der Waals surface area contributed by atoms with E-state index in [2.05, 4.69) is 76.9 Å². The molecule has 110 valence electrons. The van der Waals surface area contributed by atoms with E-state index in [1.54, 1.807) is 0 Å². The smallest absolute Gasteiger partial charge is 0.0927 e. The van der Waals surface area contributed by atoms with E-state index in [0.29, 0.717) is 0 Å². The average molecular weight is 296 g/mol. The van der Waals surface area contributed by atoms with Crippen LogP contribution in [0.15, 0.2) is 78.9 Å². The summed E-state index contributed by atoms with van der Waals surface area (Å²) in [4.78, 5) is 0. The highest BCUT2D eigenvalue weighted by Crippen LogP contribution is 2.25. The van der Waals surface area contributed by atoms with Crippen LogP contribution in [0.25, 0.3) is 34.2 Å². The third-order valence-corrected chi connectivity index (χ3v) is 3.93. The molecule has 0 saturated carbocycles. The molecule has 3 aromatic carbocycles. The lowest BCUT2D eigenvalue weighted by Gasteiger charge is -2.01. The van der Waals surface area contributed by atoms with Gasteiger partial charge in [-0.2, -0.15) is 5.10 Å². The minimum Gasteiger partial charge on any atom is -0.277 e. The average Bonchev–Trinajstić information content (AvgIpc) is 3.04. The van der Waals surface area contributed by atoms with Gasteiger partial charge in [-0.15, -0.1) is 0 Å². The third-order valence-electron chi connectivity index (χ3n) is 3.93. The van der Waals surface area contributed by atoms with Crippen LogP contribution in [-0.2, 0) is 0 Å². The minimum atomic E-state index is 0.962. The van der Waals surface area contributed by atoms with Crippen molar-refractivity contribution in [3.05, 3.63) is 90.1 Å². The highest BCUT2D eigenvalue weighted by Gasteiger charge is 2.05. The molecule has 0 radical (unpaired) electrons. The van der Waals surface area contributed by atoms with Gasteiger partial charge in [0, 0.05) is 5.39 Å². The van der Waals surface area contributed by atoms with Crippen LogP contribution in [0.1, 0.15) is 11.3 Å². The van der Waals surface area contributed by atoms with Crippen molar-refractivity contribution in [2.75, 3.05) is 0 Å². The Morgan fingerprint density at radius 2 is 1.43 bits per heavy atom. The van der Waals surface area contributed by atoms with Crippen molar-refractivity contribution in [2.45, 2.75) is 0 Å². The summed E-state index contributed by atoms with van der Waals surface area (Å²) in [6, 6.07) is 27.1. The van der Waals surface area contributed by atoms with Crippen molar-refractivity contribution in [1.29, 1.82) is 0 Å². The number of H-pyrrole nitrogens is 1. The van der Waals surface area contributed by atoms with Gasteiger partial charge >= 0.3 is 0 Å². The maximum atomic E-state index is 4.43. The summed E-state index contributed by atoms with van der Waals surface area (Å²) in [5.41, 5.74) is 5.60. The molecule has 0 saturated heterocycles. The number of aromatic amines is 1. The fourth-order valence-corrected chi connectivity index (χ4v) is 2.72. The second-order valence-electron chi connectivity index (χ2n) is 5.48. The fraction of sp³-hybridized carbons (Fsp3) is 0. The Hall–Kier alpha value is -3.13. The summed E-state index contributed by atoms with van der Waals surface area (Å²) >= 11 is 0. The normalized spacial score (nSPS) is 11.3. The van der Waals surface area contributed by atoms with Crippen LogP contribution < -0.4 is 0 Å². The number of hydrogen-bond donors (Lipinski definition) is 1. The number of hydrogen-bond acceptors (Lipinski definition) is 1. The maximum Gasteiger partial charge on any atom is 0.0927 e. The molecule has 23 heavy (non-hydrogen) atoms. The lowest BCUT2D eigenvalue weighted by molar-refractivity contribution is 1.11. The lowest BCUT2D eigenvalue weighted by atomic mass is 10.0. The lowest BCUT2D eigenvalue weighted by Crippen LogP contribution is -1.77. The third kappa shape index (κ3) is 2.79. The van der Waals surface area contributed by atoms with Crippen molar-refractivity contribution in [1.82, 2.24) is 10.2 Å². The number of fused-ring (bicyclic) bond motifs is 1. The van der Waals surface area contributed by atoms with Gasteiger partial charge < -0.3 is 0 Å². The van der Waals surface area contributed by atoms with Gasteiger partial charge in [0.2, 0.25) is 0 Å². The fourth-order valence-electron chi connectivity index (χ4n) is 2.72. The van der Waals surface area contributed by atoms with Gasteiger partial charge in [0.15, 0.2) is 0 Å². The molecule has 0 unspecified atom stereocenters. The number of rotatable bonds is 3. The van der Waals surface area contributed by atoms with Crippen LogP contribution >= 0.6 is 0 Å². The first kappa shape index (κ1) is 13.5. The Bertz CT molecular complexity index is 951. The first-order valence-electron chi connectivity index (χ1n) is 7.67.